The number of hydrogen-bond acceptors (Lipinski definition) is 5. The van der Waals surface area contributed by atoms with Gasteiger partial charge in [-0.3, -0.25) is 4.79 Å². The lowest BCUT2D eigenvalue weighted by Gasteiger charge is -2.34. The molecule has 2 aromatic heterocycles. The zero-order chi connectivity index (χ0) is 22.4. The summed E-state index contributed by atoms with van der Waals surface area (Å²) in [5.41, 5.74) is 6.67. The lowest BCUT2D eigenvalue weighted by molar-refractivity contribution is 0.0959. The molecule has 5 nitrogen and oxygen atoms in total. The van der Waals surface area contributed by atoms with Gasteiger partial charge in [0.05, 0.1) is 17.6 Å². The normalized spacial score (nSPS) is 20.2. The number of carbonyl (C=O) groups is 1. The maximum atomic E-state index is 14.8. The molecular formula is C23H23F3N4OS. The summed E-state index contributed by atoms with van der Waals surface area (Å²) in [5.74, 6) is -0.761. The summed E-state index contributed by atoms with van der Waals surface area (Å²) in [7, 11) is 0. The van der Waals surface area contributed by atoms with Crippen molar-refractivity contribution in [2.75, 3.05) is 30.3 Å². The highest BCUT2D eigenvalue weighted by molar-refractivity contribution is 7.21. The Bertz CT molecular complexity index is 1190. The van der Waals surface area contributed by atoms with Crippen LogP contribution in [0.4, 0.5) is 24.5 Å². The number of pyridine rings is 1. The summed E-state index contributed by atoms with van der Waals surface area (Å²) in [6.07, 6.45) is 4.72. The first kappa shape index (κ1) is 21.1. The van der Waals surface area contributed by atoms with Gasteiger partial charge in [-0.2, -0.15) is 0 Å². The number of nitrogens with zero attached hydrogens (tertiary/aromatic N) is 2. The van der Waals surface area contributed by atoms with E-state index in [4.69, 9.17) is 5.73 Å². The summed E-state index contributed by atoms with van der Waals surface area (Å²) < 4.78 is 42.9. The maximum Gasteiger partial charge on any atom is 0.263 e. The fourth-order valence-electron chi connectivity index (χ4n) is 4.95. The number of benzene rings is 1. The predicted molar refractivity (Wildman–Crippen MR) is 119 cm³/mol. The monoisotopic (exact) mass is 460 g/mol. The van der Waals surface area contributed by atoms with Crippen LogP contribution in [0.25, 0.3) is 10.2 Å². The van der Waals surface area contributed by atoms with Crippen LogP contribution in [-0.4, -0.2) is 30.5 Å². The van der Waals surface area contributed by atoms with E-state index >= 15 is 0 Å². The van der Waals surface area contributed by atoms with Crippen molar-refractivity contribution in [3.63, 3.8) is 0 Å². The number of thiophene rings is 1. The highest BCUT2D eigenvalue weighted by Gasteiger charge is 2.34. The molecule has 168 valence electrons. The molecule has 2 fully saturated rings. The fourth-order valence-corrected chi connectivity index (χ4v) is 5.91. The van der Waals surface area contributed by atoms with Gasteiger partial charge in [-0.1, -0.05) is 0 Å². The lowest BCUT2D eigenvalue weighted by atomic mass is 9.98. The number of piperidine rings is 1. The molecule has 3 N–H and O–H groups in total. The van der Waals surface area contributed by atoms with Crippen molar-refractivity contribution in [2.24, 2.45) is 11.8 Å². The Kier molecular flexibility index (Phi) is 5.44. The van der Waals surface area contributed by atoms with E-state index in [1.54, 1.807) is 0 Å². The van der Waals surface area contributed by atoms with Crippen molar-refractivity contribution in [1.29, 1.82) is 0 Å². The number of amides is 1. The minimum atomic E-state index is -0.535. The van der Waals surface area contributed by atoms with Crippen molar-refractivity contribution in [1.82, 2.24) is 10.3 Å². The van der Waals surface area contributed by atoms with Crippen molar-refractivity contribution < 1.29 is 18.0 Å². The Morgan fingerprint density at radius 3 is 2.66 bits per heavy atom. The molecule has 9 heteroatoms. The molecule has 1 aliphatic heterocycles. The van der Waals surface area contributed by atoms with Gasteiger partial charge >= 0.3 is 0 Å². The van der Waals surface area contributed by atoms with E-state index in [0.29, 0.717) is 27.7 Å². The number of carbonyl (C=O) groups excluding carboxylic acids is 1. The van der Waals surface area contributed by atoms with Crippen LogP contribution in [0.5, 0.6) is 0 Å². The van der Waals surface area contributed by atoms with Crippen LogP contribution in [-0.2, 0) is 6.42 Å². The molecule has 0 radical (unpaired) electrons. The fraction of sp³-hybridized carbons (Fsp3) is 0.391. The van der Waals surface area contributed by atoms with E-state index in [2.05, 4.69) is 10.3 Å². The van der Waals surface area contributed by atoms with Crippen LogP contribution >= 0.6 is 11.3 Å². The number of nitrogen functional groups attached to an aromatic ring is 1. The Morgan fingerprint density at radius 1 is 1.16 bits per heavy atom. The van der Waals surface area contributed by atoms with Gasteiger partial charge < -0.3 is 16.0 Å². The topological polar surface area (TPSA) is 71.2 Å². The van der Waals surface area contributed by atoms with Gasteiger partial charge in [0.15, 0.2) is 0 Å². The predicted octanol–water partition coefficient (Wildman–Crippen LogP) is 4.50. The number of rotatable bonds is 5. The van der Waals surface area contributed by atoms with Gasteiger partial charge in [0.25, 0.3) is 5.91 Å². The number of nitrogens with one attached hydrogen (secondary N) is 1. The molecule has 3 heterocycles. The average molecular weight is 461 g/mol. The molecule has 2 bridgehead atoms. The van der Waals surface area contributed by atoms with Crippen LogP contribution in [0, 0.1) is 29.3 Å². The minimum absolute atomic E-state index is 0.109. The van der Waals surface area contributed by atoms with E-state index < -0.39 is 23.4 Å². The van der Waals surface area contributed by atoms with E-state index in [0.717, 1.165) is 30.6 Å². The third-order valence-electron chi connectivity index (χ3n) is 6.50. The first-order valence-corrected chi connectivity index (χ1v) is 11.5. The third-order valence-corrected chi connectivity index (χ3v) is 7.63. The molecule has 1 aliphatic carbocycles. The van der Waals surface area contributed by atoms with E-state index in [9.17, 15) is 18.0 Å². The van der Waals surface area contributed by atoms with Crippen molar-refractivity contribution in [2.45, 2.75) is 25.7 Å². The second-order valence-corrected chi connectivity index (χ2v) is 9.70. The molecule has 1 saturated carbocycles. The Labute approximate surface area is 187 Å². The molecular weight excluding hydrogens is 437 g/mol. The average Bonchev–Trinajstić information content (AvgIpc) is 3.28. The Morgan fingerprint density at radius 2 is 1.91 bits per heavy atom. The molecule has 32 heavy (non-hydrogen) atoms. The van der Waals surface area contributed by atoms with Crippen LogP contribution in [0.15, 0.2) is 24.4 Å². The number of fused-ring (bicyclic) bond motifs is 3. The molecule has 3 aromatic rings. The second-order valence-electron chi connectivity index (χ2n) is 8.70. The number of halogens is 3. The van der Waals surface area contributed by atoms with Gasteiger partial charge in [-0.05, 0) is 55.2 Å². The van der Waals surface area contributed by atoms with E-state index in [-0.39, 0.29) is 29.1 Å². The molecule has 1 saturated heterocycles. The van der Waals surface area contributed by atoms with Gasteiger partial charge in [-0.25, -0.2) is 18.2 Å². The molecule has 1 amide bonds. The Balaban J connectivity index is 1.25. The van der Waals surface area contributed by atoms with Crippen LogP contribution in [0.1, 0.15) is 34.5 Å². The number of anilines is 2. The second kappa shape index (κ2) is 8.27. The van der Waals surface area contributed by atoms with Crippen molar-refractivity contribution in [3.8, 4) is 0 Å². The van der Waals surface area contributed by atoms with Crippen LogP contribution < -0.4 is 16.0 Å². The highest BCUT2D eigenvalue weighted by atomic mass is 32.1. The van der Waals surface area contributed by atoms with Gasteiger partial charge in [0, 0.05) is 31.1 Å². The quantitative estimate of drug-likeness (QED) is 0.588. The summed E-state index contributed by atoms with van der Waals surface area (Å²) in [6.45, 7) is 1.66. The molecule has 0 spiro atoms. The van der Waals surface area contributed by atoms with Crippen LogP contribution in [0.3, 0.4) is 0 Å². The van der Waals surface area contributed by atoms with Gasteiger partial charge in [-0.15, -0.1) is 11.3 Å². The number of aromatic nitrogens is 1. The summed E-state index contributed by atoms with van der Waals surface area (Å²) in [4.78, 5) is 19.1. The third kappa shape index (κ3) is 3.90. The van der Waals surface area contributed by atoms with Gasteiger partial charge in [0.2, 0.25) is 0 Å². The zero-order valence-electron chi connectivity index (χ0n) is 17.3. The van der Waals surface area contributed by atoms with Gasteiger partial charge in [0.1, 0.15) is 27.2 Å². The summed E-state index contributed by atoms with van der Waals surface area (Å²) >= 11 is 1.06. The van der Waals surface area contributed by atoms with Crippen LogP contribution in [0.2, 0.25) is 0 Å². The highest BCUT2D eigenvalue weighted by Crippen LogP contribution is 2.39. The molecule has 2 atom stereocenters. The van der Waals surface area contributed by atoms with E-state index in [1.165, 1.54) is 37.5 Å². The molecule has 1 aromatic carbocycles. The smallest absolute Gasteiger partial charge is 0.263 e. The first-order valence-electron chi connectivity index (χ1n) is 10.7. The largest absolute Gasteiger partial charge is 0.397 e. The summed E-state index contributed by atoms with van der Waals surface area (Å²) in [6, 6.07) is 3.74. The zero-order valence-corrected chi connectivity index (χ0v) is 18.2. The SMILES string of the molecule is Nc1c(C(=O)NCCc2cc(F)c(N3CC4CCC(C4)C3)cc2F)sc2ncc(F)cc12. The molecule has 2 aliphatic rings. The summed E-state index contributed by atoms with van der Waals surface area (Å²) in [5, 5.41) is 3.06. The minimum Gasteiger partial charge on any atom is -0.397 e. The molecule has 5 rings (SSSR count). The van der Waals surface area contributed by atoms with Crippen molar-refractivity contribution in [3.05, 3.63) is 52.3 Å². The first-order chi connectivity index (χ1) is 15.4. The van der Waals surface area contributed by atoms with E-state index in [1.807, 2.05) is 4.90 Å². The van der Waals surface area contributed by atoms with Crippen molar-refractivity contribution >= 4 is 38.8 Å². The molecule has 2 unspecified atom stereocenters. The number of hydrogen-bond donors (Lipinski definition) is 2. The lowest BCUT2D eigenvalue weighted by Crippen LogP contribution is -2.37. The number of nitrogens with two attached hydrogens (primary N) is 1. The maximum absolute atomic E-state index is 14.8. The standard InChI is InChI=1S/C23H23F3N4OS/c24-15-7-16-20(27)21(32-23(16)29-9-15)22(31)28-4-3-14-6-18(26)19(8-17(14)25)30-10-12-1-2-13(5-12)11-30/h6-9,12-13H,1-5,10-11,27H2,(H,28,31). The Hall–Kier alpha value is -2.81.